The zero-order valence-corrected chi connectivity index (χ0v) is 49.4. The van der Waals surface area contributed by atoms with Crippen molar-refractivity contribution in [2.75, 3.05) is 39.3 Å². The number of nitrogens with one attached hydrogen (secondary N) is 1. The molecule has 2 fully saturated rings. The number of alkyl halides is 2. The monoisotopic (exact) mass is 1170 g/mol. The van der Waals surface area contributed by atoms with Gasteiger partial charge >= 0.3 is 5.97 Å². The average Bonchev–Trinajstić information content (AvgIpc) is 4.15. The molecular weight excluding hydrogens is 1090 g/mol. The average molecular weight is 1180 g/mol. The van der Waals surface area contributed by atoms with Gasteiger partial charge in [0.05, 0.1) is 34.3 Å². The Kier molecular flexibility index (Phi) is 19.2. The number of likely N-dealkylation sites (tertiary alicyclic amines) is 2. The molecule has 444 valence electrons. The number of carbonyl (C=O) groups excluding carboxylic acids is 1. The number of benzene rings is 4. The summed E-state index contributed by atoms with van der Waals surface area (Å²) in [6, 6.07) is 33.0. The Morgan fingerprint density at radius 1 is 0.566 bits per heavy atom. The molecule has 0 saturated carbocycles. The van der Waals surface area contributed by atoms with Gasteiger partial charge in [-0.1, -0.05) is 71.8 Å². The van der Waals surface area contributed by atoms with Crippen LogP contribution in [0.2, 0.25) is 0 Å². The van der Waals surface area contributed by atoms with Crippen molar-refractivity contribution < 1.29 is 40.3 Å². The third-order valence-corrected chi connectivity index (χ3v) is 21.3. The molecule has 2 saturated heterocycles. The van der Waals surface area contributed by atoms with Gasteiger partial charge in [-0.15, -0.1) is 0 Å². The molecule has 0 spiro atoms. The second-order valence-corrected chi connectivity index (χ2v) is 27.2. The number of halogens is 2. The molecule has 19 heteroatoms. The minimum absolute atomic E-state index is 0.0591. The molecule has 12 rings (SSSR count). The van der Waals surface area contributed by atoms with Gasteiger partial charge in [-0.25, -0.2) is 25.6 Å². The number of aryl methyl sites for hydroxylation is 4. The van der Waals surface area contributed by atoms with Crippen molar-refractivity contribution in [1.82, 2.24) is 32.9 Å². The van der Waals surface area contributed by atoms with Crippen LogP contribution in [-0.2, 0) is 68.7 Å². The van der Waals surface area contributed by atoms with E-state index in [1.807, 2.05) is 53.6 Å². The van der Waals surface area contributed by atoms with Crippen LogP contribution in [-0.4, -0.2) is 113 Å². The molecule has 4 aromatic carbocycles. The predicted octanol–water partition coefficient (Wildman–Crippen LogP) is 10.0. The molecule has 6 heterocycles. The van der Waals surface area contributed by atoms with Crippen molar-refractivity contribution in [2.24, 2.45) is 5.73 Å². The third kappa shape index (κ3) is 14.4. The van der Waals surface area contributed by atoms with E-state index >= 15 is 0 Å². The Morgan fingerprint density at radius 3 is 1.49 bits per heavy atom. The largest absolute Gasteiger partial charge is 0.481 e. The van der Waals surface area contributed by atoms with E-state index in [-0.39, 0.29) is 47.2 Å². The third-order valence-electron chi connectivity index (χ3n) is 17.5. The highest BCUT2D eigenvalue weighted by molar-refractivity contribution is 7.89. The summed E-state index contributed by atoms with van der Waals surface area (Å²) in [7, 11) is -7.52. The summed E-state index contributed by atoms with van der Waals surface area (Å²) in [5.41, 5.74) is 17.4. The second kappa shape index (κ2) is 26.5. The van der Waals surface area contributed by atoms with Crippen LogP contribution in [0.4, 0.5) is 8.78 Å². The van der Waals surface area contributed by atoms with Gasteiger partial charge in [-0.05, 0) is 160 Å². The number of carboxylic acid groups (broad SMARTS) is 1. The Morgan fingerprint density at radius 2 is 1.01 bits per heavy atom. The van der Waals surface area contributed by atoms with Crippen molar-refractivity contribution in [3.63, 3.8) is 0 Å². The van der Waals surface area contributed by atoms with Crippen molar-refractivity contribution in [3.8, 4) is 0 Å². The van der Waals surface area contributed by atoms with Crippen LogP contribution in [0.15, 0.2) is 131 Å². The Labute approximate surface area is 488 Å². The number of rotatable bonds is 13. The smallest absolute Gasteiger partial charge is 0.305 e. The molecule has 4 atom stereocenters. The summed E-state index contributed by atoms with van der Waals surface area (Å²) >= 11 is 0. The predicted molar refractivity (Wildman–Crippen MR) is 317 cm³/mol. The van der Waals surface area contributed by atoms with Crippen molar-refractivity contribution in [3.05, 3.63) is 177 Å². The summed E-state index contributed by atoms with van der Waals surface area (Å²) in [5.74, 6) is -1.17. The van der Waals surface area contributed by atoms with Crippen LogP contribution in [0.1, 0.15) is 144 Å². The van der Waals surface area contributed by atoms with Crippen LogP contribution >= 0.6 is 0 Å². The zero-order chi connectivity index (χ0) is 58.4. The SMILES string of the molecule is Cc1ccc(S(=O)(=O)N2CCn3cccc3C2CC(=O)N[C@@H]2CCCc3cc(CN4CCC(F)CC4)ccc32)cc1.Cc1ccc(S(=O)(=O)N2CCn3cccc3C2CC(=O)O)cc1.N[C@@H]1CCCc2cc(CN3CCC(F)CC3)ccc21. The molecule has 83 heavy (non-hydrogen) atoms. The first kappa shape index (κ1) is 60.1. The lowest BCUT2D eigenvalue weighted by Crippen LogP contribution is -2.44. The van der Waals surface area contributed by atoms with Gasteiger partial charge in [-0.2, -0.15) is 8.61 Å². The highest BCUT2D eigenvalue weighted by atomic mass is 32.2. The number of carbonyl (C=O) groups is 2. The number of carboxylic acids is 1. The first-order valence-corrected chi connectivity index (χ1v) is 32.5. The van der Waals surface area contributed by atoms with Gasteiger partial charge in [0.15, 0.2) is 0 Å². The molecule has 1 amide bonds. The van der Waals surface area contributed by atoms with Crippen LogP contribution in [0.3, 0.4) is 0 Å². The van der Waals surface area contributed by atoms with Crippen LogP contribution in [0, 0.1) is 13.8 Å². The van der Waals surface area contributed by atoms with E-state index in [1.54, 1.807) is 54.6 Å². The molecule has 0 radical (unpaired) electrons. The number of amides is 1. The lowest BCUT2D eigenvalue weighted by atomic mass is 9.86. The fourth-order valence-corrected chi connectivity index (χ4v) is 16.1. The van der Waals surface area contributed by atoms with E-state index in [9.17, 15) is 40.3 Å². The summed E-state index contributed by atoms with van der Waals surface area (Å²) < 4.78 is 86.8. The minimum Gasteiger partial charge on any atom is -0.481 e. The Hall–Kier alpha value is -6.06. The molecule has 4 N–H and O–H groups in total. The Balaban J connectivity index is 0.000000154. The van der Waals surface area contributed by atoms with Gasteiger partial charge < -0.3 is 25.3 Å². The van der Waals surface area contributed by atoms with Crippen LogP contribution in [0.5, 0.6) is 0 Å². The number of piperidine rings is 2. The number of fused-ring (bicyclic) bond motifs is 4. The molecule has 2 aromatic heterocycles. The molecule has 2 aliphatic carbocycles. The van der Waals surface area contributed by atoms with E-state index in [0.29, 0.717) is 51.0 Å². The molecule has 15 nitrogen and oxygen atoms in total. The van der Waals surface area contributed by atoms with Crippen LogP contribution in [0.25, 0.3) is 0 Å². The number of sulfonamides is 2. The number of hydrogen-bond donors (Lipinski definition) is 3. The van der Waals surface area contributed by atoms with Gasteiger partial charge in [0.25, 0.3) is 0 Å². The fraction of sp³-hybridized carbons (Fsp3) is 0.469. The van der Waals surface area contributed by atoms with Crippen molar-refractivity contribution in [2.45, 2.75) is 163 Å². The van der Waals surface area contributed by atoms with Gasteiger partial charge in [-0.3, -0.25) is 19.4 Å². The van der Waals surface area contributed by atoms with Gasteiger partial charge in [0.2, 0.25) is 26.0 Å². The lowest BCUT2D eigenvalue weighted by Gasteiger charge is -2.36. The van der Waals surface area contributed by atoms with Gasteiger partial charge in [0.1, 0.15) is 12.3 Å². The maximum atomic E-state index is 13.7. The molecular formula is C64H80F2N8O7S2. The summed E-state index contributed by atoms with van der Waals surface area (Å²) in [6.07, 6.45) is 11.2. The maximum absolute atomic E-state index is 13.7. The van der Waals surface area contributed by atoms with Crippen molar-refractivity contribution >= 4 is 31.9 Å². The van der Waals surface area contributed by atoms with E-state index in [4.69, 9.17) is 5.73 Å². The molecule has 2 unspecified atom stereocenters. The number of nitrogens with two attached hydrogens (primary N) is 1. The maximum Gasteiger partial charge on any atom is 0.305 e. The number of aromatic nitrogens is 2. The van der Waals surface area contributed by atoms with E-state index in [1.165, 1.54) is 42.8 Å². The first-order chi connectivity index (χ1) is 39.9. The van der Waals surface area contributed by atoms with E-state index in [0.717, 1.165) is 93.8 Å². The molecule has 4 aliphatic heterocycles. The normalized spacial score (nSPS) is 21.9. The quantitative estimate of drug-likeness (QED) is 0.101. The van der Waals surface area contributed by atoms with E-state index < -0.39 is 50.4 Å². The number of nitrogens with zero attached hydrogens (tertiary/aromatic N) is 6. The summed E-state index contributed by atoms with van der Waals surface area (Å²) in [6.45, 7) is 10.6. The highest BCUT2D eigenvalue weighted by Crippen LogP contribution is 2.38. The number of aliphatic carboxylic acids is 1. The minimum atomic E-state index is -3.78. The lowest BCUT2D eigenvalue weighted by molar-refractivity contribution is -0.138. The van der Waals surface area contributed by atoms with Crippen molar-refractivity contribution in [1.29, 1.82) is 0 Å². The van der Waals surface area contributed by atoms with Gasteiger partial charge in [0, 0.05) is 102 Å². The van der Waals surface area contributed by atoms with E-state index in [2.05, 4.69) is 51.5 Å². The molecule has 6 aliphatic rings. The Bertz CT molecular complexity index is 3430. The standard InChI is InChI=1S/C32H39FN4O3S.C16H23FN2.C16H18N2O4S/c1-23-7-10-27(11-8-23)41(39,40)37-19-18-36-15-3-6-30(36)31(37)21-32(38)34-29-5-2-4-25-20-24(9-12-28(25)29)22-35-16-13-26(33)14-17-35;17-14-6-8-19(9-7-14)11-12-4-5-15-13(10-12)2-1-3-16(15)18;1-12-4-6-13(7-5-12)23(21,22)18-10-9-17-8-2-3-14(17)15(18)11-16(19)20/h3,6-12,15,20,26,29,31H,2,4-5,13-14,16-19,21-22H2,1H3,(H,34,38);4-5,10,14,16H,1-3,6-9,11,18H2;2-8,15H,9-11H2,1H3,(H,19,20)/t29-,31?;16-;/m11./s1. The highest BCUT2D eigenvalue weighted by Gasteiger charge is 2.40. The molecule has 0 bridgehead atoms. The topological polar surface area (TPSA) is 184 Å². The summed E-state index contributed by atoms with van der Waals surface area (Å²) in [5, 5.41) is 12.4. The number of hydrogen-bond acceptors (Lipinski definition) is 9. The zero-order valence-electron chi connectivity index (χ0n) is 47.8. The molecule has 6 aromatic rings. The van der Waals surface area contributed by atoms with Crippen LogP contribution < -0.4 is 11.1 Å². The second-order valence-electron chi connectivity index (χ2n) is 23.4. The summed E-state index contributed by atoms with van der Waals surface area (Å²) in [4.78, 5) is 29.9. The first-order valence-electron chi connectivity index (χ1n) is 29.6. The fourth-order valence-electron chi connectivity index (χ4n) is 12.9.